The number of benzene rings is 1. The van der Waals surface area contributed by atoms with E-state index in [1.165, 1.54) is 11.8 Å². The Kier molecular flexibility index (Phi) is 4.74. The van der Waals surface area contributed by atoms with Crippen LogP contribution in [0.15, 0.2) is 34.2 Å². The van der Waals surface area contributed by atoms with Crippen LogP contribution >= 0.6 is 11.8 Å². The second-order valence-electron chi connectivity index (χ2n) is 7.24. The van der Waals surface area contributed by atoms with E-state index < -0.39 is 5.25 Å². The zero-order valence-corrected chi connectivity index (χ0v) is 17.2. The third-order valence-electron chi connectivity index (χ3n) is 5.10. The first kappa shape index (κ1) is 18.7. The van der Waals surface area contributed by atoms with E-state index in [0.29, 0.717) is 16.1 Å². The predicted octanol–water partition coefficient (Wildman–Crippen LogP) is 3.20. The molecule has 1 amide bonds. The van der Waals surface area contributed by atoms with Gasteiger partial charge in [-0.2, -0.15) is 5.10 Å². The standard InChI is InChI=1S/C20H23N5O2S/c1-11-17(12(2)24(4)23-11)22-18(26)13(3)28-20-21-16-8-6-5-7-15(16)19(27)25(20)14-9-10-14/h5-8,13-14H,9-10H2,1-4H3,(H,22,26)/t13-/m1/s1. The van der Waals surface area contributed by atoms with Crippen molar-refractivity contribution in [3.8, 4) is 0 Å². The summed E-state index contributed by atoms with van der Waals surface area (Å²) in [5.74, 6) is -0.131. The lowest BCUT2D eigenvalue weighted by Gasteiger charge is -2.16. The van der Waals surface area contributed by atoms with E-state index in [1.807, 2.05) is 52.1 Å². The highest BCUT2D eigenvalue weighted by Crippen LogP contribution is 2.37. The van der Waals surface area contributed by atoms with Crippen LogP contribution in [0, 0.1) is 13.8 Å². The molecule has 2 aromatic heterocycles. The van der Waals surface area contributed by atoms with Crippen molar-refractivity contribution in [3.63, 3.8) is 0 Å². The molecule has 28 heavy (non-hydrogen) atoms. The molecule has 2 heterocycles. The SMILES string of the molecule is Cc1nn(C)c(C)c1NC(=O)[C@@H](C)Sc1nc2ccccc2c(=O)n1C1CC1. The summed E-state index contributed by atoms with van der Waals surface area (Å²) < 4.78 is 3.51. The van der Waals surface area contributed by atoms with Gasteiger partial charge in [0.2, 0.25) is 5.91 Å². The minimum atomic E-state index is -0.405. The lowest BCUT2D eigenvalue weighted by molar-refractivity contribution is -0.115. The first-order chi connectivity index (χ1) is 13.4. The molecule has 0 aliphatic heterocycles. The molecule has 0 saturated heterocycles. The molecule has 3 aromatic rings. The molecule has 1 aromatic carbocycles. The molecule has 1 saturated carbocycles. The van der Waals surface area contributed by atoms with Gasteiger partial charge in [0.15, 0.2) is 5.16 Å². The van der Waals surface area contributed by atoms with Gasteiger partial charge in [0, 0.05) is 13.1 Å². The van der Waals surface area contributed by atoms with E-state index in [4.69, 9.17) is 4.98 Å². The molecular weight excluding hydrogens is 374 g/mol. The first-order valence-corrected chi connectivity index (χ1v) is 10.2. The van der Waals surface area contributed by atoms with Crippen LogP contribution in [0.1, 0.15) is 37.2 Å². The Labute approximate surface area is 167 Å². The number of thioether (sulfide) groups is 1. The van der Waals surface area contributed by atoms with Crippen LogP contribution in [0.25, 0.3) is 10.9 Å². The number of nitrogens with zero attached hydrogens (tertiary/aromatic N) is 4. The van der Waals surface area contributed by atoms with E-state index in [0.717, 1.165) is 29.9 Å². The average molecular weight is 398 g/mol. The summed E-state index contributed by atoms with van der Waals surface area (Å²) in [6.07, 6.45) is 1.95. The molecule has 0 spiro atoms. The maximum absolute atomic E-state index is 13.0. The molecule has 146 valence electrons. The Morgan fingerprint density at radius 3 is 2.64 bits per heavy atom. The number of rotatable bonds is 5. The summed E-state index contributed by atoms with van der Waals surface area (Å²) in [6, 6.07) is 7.55. The number of fused-ring (bicyclic) bond motifs is 1. The fourth-order valence-corrected chi connectivity index (χ4v) is 4.23. The number of aromatic nitrogens is 4. The Morgan fingerprint density at radius 2 is 2.00 bits per heavy atom. The van der Waals surface area contributed by atoms with Crippen molar-refractivity contribution < 1.29 is 4.79 Å². The fourth-order valence-electron chi connectivity index (χ4n) is 3.25. The van der Waals surface area contributed by atoms with E-state index in [-0.39, 0.29) is 17.5 Å². The Bertz CT molecular complexity index is 1130. The number of hydrogen-bond donors (Lipinski definition) is 1. The molecule has 1 aliphatic rings. The summed E-state index contributed by atoms with van der Waals surface area (Å²) in [5, 5.41) is 8.14. The monoisotopic (exact) mass is 397 g/mol. The van der Waals surface area contributed by atoms with Crippen LogP contribution < -0.4 is 10.9 Å². The van der Waals surface area contributed by atoms with Crippen molar-refractivity contribution in [1.82, 2.24) is 19.3 Å². The number of nitrogens with one attached hydrogen (secondary N) is 1. The third kappa shape index (κ3) is 3.32. The van der Waals surface area contributed by atoms with E-state index in [2.05, 4.69) is 10.4 Å². The summed E-state index contributed by atoms with van der Waals surface area (Å²) in [5.41, 5.74) is 3.07. The molecule has 0 bridgehead atoms. The molecule has 1 aliphatic carbocycles. The number of hydrogen-bond acceptors (Lipinski definition) is 5. The summed E-state index contributed by atoms with van der Waals surface area (Å²) in [4.78, 5) is 30.5. The molecular formula is C20H23N5O2S. The van der Waals surface area contributed by atoms with Crippen molar-refractivity contribution in [3.05, 3.63) is 46.0 Å². The predicted molar refractivity (Wildman–Crippen MR) is 111 cm³/mol. The topological polar surface area (TPSA) is 81.8 Å². The highest BCUT2D eigenvalue weighted by Gasteiger charge is 2.30. The summed E-state index contributed by atoms with van der Waals surface area (Å²) >= 11 is 1.33. The first-order valence-electron chi connectivity index (χ1n) is 9.36. The minimum Gasteiger partial charge on any atom is -0.322 e. The number of para-hydroxylation sites is 1. The molecule has 0 unspecified atom stereocenters. The largest absolute Gasteiger partial charge is 0.322 e. The number of anilines is 1. The maximum Gasteiger partial charge on any atom is 0.262 e. The average Bonchev–Trinajstić information content (AvgIpc) is 3.46. The van der Waals surface area contributed by atoms with Crippen molar-refractivity contribution in [2.45, 2.75) is 50.1 Å². The van der Waals surface area contributed by atoms with E-state index in [1.54, 1.807) is 9.25 Å². The zero-order valence-electron chi connectivity index (χ0n) is 16.4. The van der Waals surface area contributed by atoms with Crippen molar-refractivity contribution in [2.24, 2.45) is 7.05 Å². The third-order valence-corrected chi connectivity index (χ3v) is 6.16. The van der Waals surface area contributed by atoms with Gasteiger partial charge in [0.05, 0.1) is 33.2 Å². The van der Waals surface area contributed by atoms with Crippen molar-refractivity contribution in [2.75, 3.05) is 5.32 Å². The van der Waals surface area contributed by atoms with Gasteiger partial charge < -0.3 is 5.32 Å². The van der Waals surface area contributed by atoms with Crippen LogP contribution in [-0.2, 0) is 11.8 Å². The fraction of sp³-hybridized carbons (Fsp3) is 0.400. The molecule has 0 radical (unpaired) electrons. The molecule has 8 heteroatoms. The normalized spacial score (nSPS) is 15.0. The zero-order chi connectivity index (χ0) is 20.0. The minimum absolute atomic E-state index is 0.0258. The molecule has 1 atom stereocenters. The maximum atomic E-state index is 13.0. The second-order valence-corrected chi connectivity index (χ2v) is 8.54. The van der Waals surface area contributed by atoms with Crippen LogP contribution in [0.2, 0.25) is 0 Å². The Balaban J connectivity index is 1.63. The van der Waals surface area contributed by atoms with Crippen molar-refractivity contribution in [1.29, 1.82) is 0 Å². The molecule has 1 N–H and O–H groups in total. The van der Waals surface area contributed by atoms with Gasteiger partial charge in [-0.1, -0.05) is 23.9 Å². The Morgan fingerprint density at radius 1 is 1.29 bits per heavy atom. The Hall–Kier alpha value is -2.61. The van der Waals surface area contributed by atoms with Crippen LogP contribution in [0.5, 0.6) is 0 Å². The summed E-state index contributed by atoms with van der Waals surface area (Å²) in [6.45, 7) is 5.62. The van der Waals surface area contributed by atoms with Crippen LogP contribution in [-0.4, -0.2) is 30.5 Å². The van der Waals surface area contributed by atoms with Crippen LogP contribution in [0.3, 0.4) is 0 Å². The van der Waals surface area contributed by atoms with Gasteiger partial charge >= 0.3 is 0 Å². The van der Waals surface area contributed by atoms with Gasteiger partial charge in [0.25, 0.3) is 5.56 Å². The smallest absolute Gasteiger partial charge is 0.262 e. The molecule has 7 nitrogen and oxygen atoms in total. The summed E-state index contributed by atoms with van der Waals surface area (Å²) in [7, 11) is 1.85. The van der Waals surface area contributed by atoms with Crippen LogP contribution in [0.4, 0.5) is 5.69 Å². The molecule has 4 rings (SSSR count). The number of aryl methyl sites for hydroxylation is 2. The van der Waals surface area contributed by atoms with Gasteiger partial charge in [-0.3, -0.25) is 18.8 Å². The highest BCUT2D eigenvalue weighted by molar-refractivity contribution is 8.00. The lowest BCUT2D eigenvalue weighted by atomic mass is 10.2. The number of carbonyl (C=O) groups is 1. The van der Waals surface area contributed by atoms with Gasteiger partial charge in [-0.15, -0.1) is 0 Å². The molecule has 1 fully saturated rings. The second kappa shape index (κ2) is 7.09. The number of amides is 1. The van der Waals surface area contributed by atoms with Crippen molar-refractivity contribution >= 4 is 34.3 Å². The van der Waals surface area contributed by atoms with Gasteiger partial charge in [-0.05, 0) is 45.7 Å². The lowest BCUT2D eigenvalue weighted by Crippen LogP contribution is -2.27. The van der Waals surface area contributed by atoms with Gasteiger partial charge in [-0.25, -0.2) is 4.98 Å². The quantitative estimate of drug-likeness (QED) is 0.528. The van der Waals surface area contributed by atoms with Gasteiger partial charge in [0.1, 0.15) is 0 Å². The van der Waals surface area contributed by atoms with E-state index in [9.17, 15) is 9.59 Å². The highest BCUT2D eigenvalue weighted by atomic mass is 32.2. The number of carbonyl (C=O) groups excluding carboxylic acids is 1. The van der Waals surface area contributed by atoms with E-state index >= 15 is 0 Å².